The molecule has 3 rings (SSSR count). The largest absolute Gasteiger partial charge is 0.322 e. The van der Waals surface area contributed by atoms with Crippen LogP contribution in [0.1, 0.15) is 16.2 Å². The number of fused-ring (bicyclic) bond motifs is 1. The normalized spacial score (nSPS) is 10.8. The fourth-order valence-corrected chi connectivity index (χ4v) is 2.21. The summed E-state index contributed by atoms with van der Waals surface area (Å²) in [5.41, 5.74) is 1.77. The van der Waals surface area contributed by atoms with Crippen LogP contribution in [-0.2, 0) is 0 Å². The van der Waals surface area contributed by atoms with E-state index in [0.717, 1.165) is 0 Å². The Labute approximate surface area is 130 Å². The van der Waals surface area contributed by atoms with Crippen LogP contribution < -0.4 is 5.32 Å². The Kier molecular flexibility index (Phi) is 3.53. The number of halogens is 2. The first-order valence-corrected chi connectivity index (χ1v) is 6.88. The van der Waals surface area contributed by atoms with Crippen molar-refractivity contribution < 1.29 is 4.79 Å². The summed E-state index contributed by atoms with van der Waals surface area (Å²) < 4.78 is 1.75. The topological polar surface area (TPSA) is 59.3 Å². The van der Waals surface area contributed by atoms with Crippen LogP contribution in [0.2, 0.25) is 10.0 Å². The quantitative estimate of drug-likeness (QED) is 0.784. The third kappa shape index (κ3) is 2.70. The van der Waals surface area contributed by atoms with E-state index in [2.05, 4.69) is 15.5 Å². The van der Waals surface area contributed by atoms with Gasteiger partial charge < -0.3 is 5.32 Å². The van der Waals surface area contributed by atoms with E-state index < -0.39 is 0 Å². The standard InChI is InChI=1S/C14H10Cl2N4O/c1-8-18-19-13-5-2-9(7-20(8)13)14(21)17-10-3-4-11(15)12(16)6-10/h2-7H,1H3,(H,17,21). The van der Waals surface area contributed by atoms with Crippen LogP contribution in [0.4, 0.5) is 5.69 Å². The molecule has 0 bridgehead atoms. The highest BCUT2D eigenvalue weighted by Crippen LogP contribution is 2.25. The van der Waals surface area contributed by atoms with Crippen molar-refractivity contribution in [3.63, 3.8) is 0 Å². The van der Waals surface area contributed by atoms with Crippen LogP contribution in [0.25, 0.3) is 5.65 Å². The van der Waals surface area contributed by atoms with Crippen molar-refractivity contribution in [2.45, 2.75) is 6.92 Å². The number of amides is 1. The molecule has 0 radical (unpaired) electrons. The Morgan fingerprint density at radius 1 is 1.14 bits per heavy atom. The number of hydrogen-bond donors (Lipinski definition) is 1. The highest BCUT2D eigenvalue weighted by Gasteiger charge is 2.10. The first-order valence-electron chi connectivity index (χ1n) is 6.12. The van der Waals surface area contributed by atoms with E-state index in [1.54, 1.807) is 40.9 Å². The lowest BCUT2D eigenvalue weighted by Gasteiger charge is -2.07. The number of carbonyl (C=O) groups is 1. The van der Waals surface area contributed by atoms with Gasteiger partial charge in [-0.1, -0.05) is 23.2 Å². The first kappa shape index (κ1) is 13.9. The summed E-state index contributed by atoms with van der Waals surface area (Å²) in [6, 6.07) is 8.35. The van der Waals surface area contributed by atoms with Crippen LogP contribution in [-0.4, -0.2) is 20.5 Å². The molecule has 0 aliphatic carbocycles. The number of benzene rings is 1. The molecule has 3 aromatic rings. The molecular weight excluding hydrogens is 311 g/mol. The van der Waals surface area contributed by atoms with Gasteiger partial charge in [0.05, 0.1) is 15.6 Å². The molecule has 0 aliphatic heterocycles. The molecule has 0 aliphatic rings. The van der Waals surface area contributed by atoms with E-state index in [0.29, 0.717) is 32.8 Å². The summed E-state index contributed by atoms with van der Waals surface area (Å²) in [4.78, 5) is 12.2. The molecule has 0 atom stereocenters. The van der Waals surface area contributed by atoms with Crippen molar-refractivity contribution >= 4 is 40.4 Å². The van der Waals surface area contributed by atoms with Crippen LogP contribution in [0.15, 0.2) is 36.5 Å². The molecule has 2 heterocycles. The number of aryl methyl sites for hydroxylation is 1. The smallest absolute Gasteiger partial charge is 0.257 e. The highest BCUT2D eigenvalue weighted by atomic mass is 35.5. The number of aromatic nitrogens is 3. The maximum Gasteiger partial charge on any atom is 0.257 e. The lowest BCUT2D eigenvalue weighted by molar-refractivity contribution is 0.102. The second-order valence-electron chi connectivity index (χ2n) is 4.48. The zero-order valence-corrected chi connectivity index (χ0v) is 12.5. The van der Waals surface area contributed by atoms with Gasteiger partial charge in [0.15, 0.2) is 5.65 Å². The zero-order chi connectivity index (χ0) is 15.0. The van der Waals surface area contributed by atoms with Gasteiger partial charge in [-0.15, -0.1) is 10.2 Å². The zero-order valence-electron chi connectivity index (χ0n) is 11.0. The molecule has 1 amide bonds. The number of rotatable bonds is 2. The Balaban J connectivity index is 1.89. The third-order valence-corrected chi connectivity index (χ3v) is 3.75. The predicted octanol–water partition coefficient (Wildman–Crippen LogP) is 3.60. The van der Waals surface area contributed by atoms with E-state index in [1.807, 2.05) is 6.92 Å². The highest BCUT2D eigenvalue weighted by molar-refractivity contribution is 6.42. The number of nitrogens with one attached hydrogen (secondary N) is 1. The minimum absolute atomic E-state index is 0.247. The van der Waals surface area contributed by atoms with Crippen molar-refractivity contribution in [3.8, 4) is 0 Å². The number of pyridine rings is 1. The van der Waals surface area contributed by atoms with E-state index in [1.165, 1.54) is 0 Å². The van der Waals surface area contributed by atoms with Gasteiger partial charge in [0.25, 0.3) is 5.91 Å². The Morgan fingerprint density at radius 2 is 1.95 bits per heavy atom. The molecule has 0 unspecified atom stereocenters. The SMILES string of the molecule is Cc1nnc2ccc(C(=O)Nc3ccc(Cl)c(Cl)c3)cn12. The van der Waals surface area contributed by atoms with Crippen molar-refractivity contribution in [3.05, 3.63) is 58.0 Å². The maximum atomic E-state index is 12.2. The Hall–Kier alpha value is -2.11. The lowest BCUT2D eigenvalue weighted by Crippen LogP contribution is -2.12. The van der Waals surface area contributed by atoms with Gasteiger partial charge >= 0.3 is 0 Å². The molecular formula is C14H10Cl2N4O. The molecule has 2 aromatic heterocycles. The summed E-state index contributed by atoms with van der Waals surface area (Å²) in [5, 5.41) is 11.5. The second-order valence-corrected chi connectivity index (χ2v) is 5.29. The molecule has 21 heavy (non-hydrogen) atoms. The molecule has 0 fully saturated rings. The van der Waals surface area contributed by atoms with Gasteiger partial charge in [0.1, 0.15) is 5.82 Å². The average Bonchev–Trinajstić information content (AvgIpc) is 2.84. The first-order chi connectivity index (χ1) is 10.0. The summed E-state index contributed by atoms with van der Waals surface area (Å²) in [6.45, 7) is 1.82. The molecule has 1 aromatic carbocycles. The molecule has 7 heteroatoms. The van der Waals surface area contributed by atoms with Crippen molar-refractivity contribution in [1.82, 2.24) is 14.6 Å². The van der Waals surface area contributed by atoms with Gasteiger partial charge in [-0.25, -0.2) is 0 Å². The minimum Gasteiger partial charge on any atom is -0.322 e. The number of nitrogens with zero attached hydrogens (tertiary/aromatic N) is 3. The fourth-order valence-electron chi connectivity index (χ4n) is 1.92. The van der Waals surface area contributed by atoms with Crippen molar-refractivity contribution in [1.29, 1.82) is 0 Å². The average molecular weight is 321 g/mol. The predicted molar refractivity (Wildman–Crippen MR) is 82.1 cm³/mol. The van der Waals surface area contributed by atoms with Crippen LogP contribution in [0.3, 0.4) is 0 Å². The van der Waals surface area contributed by atoms with Gasteiger partial charge in [-0.3, -0.25) is 9.20 Å². The monoisotopic (exact) mass is 320 g/mol. The number of hydrogen-bond acceptors (Lipinski definition) is 3. The summed E-state index contributed by atoms with van der Waals surface area (Å²) >= 11 is 11.8. The molecule has 0 saturated carbocycles. The molecule has 0 spiro atoms. The maximum absolute atomic E-state index is 12.2. The lowest BCUT2D eigenvalue weighted by atomic mass is 10.2. The Bertz CT molecular complexity index is 844. The second kappa shape index (κ2) is 5.35. The fraction of sp³-hybridized carbons (Fsp3) is 0.0714. The molecule has 5 nitrogen and oxygen atoms in total. The van der Waals surface area contributed by atoms with E-state index in [-0.39, 0.29) is 5.91 Å². The van der Waals surface area contributed by atoms with Crippen molar-refractivity contribution in [2.24, 2.45) is 0 Å². The van der Waals surface area contributed by atoms with E-state index in [4.69, 9.17) is 23.2 Å². The van der Waals surface area contributed by atoms with Gasteiger partial charge in [0.2, 0.25) is 0 Å². The van der Waals surface area contributed by atoms with Gasteiger partial charge in [-0.05, 0) is 37.3 Å². The summed E-state index contributed by atoms with van der Waals surface area (Å²) in [6.07, 6.45) is 1.69. The van der Waals surface area contributed by atoms with E-state index in [9.17, 15) is 4.79 Å². The number of carbonyl (C=O) groups excluding carboxylic acids is 1. The Morgan fingerprint density at radius 3 is 2.71 bits per heavy atom. The minimum atomic E-state index is -0.247. The number of anilines is 1. The summed E-state index contributed by atoms with van der Waals surface area (Å²) in [5.74, 6) is 0.470. The third-order valence-electron chi connectivity index (χ3n) is 3.01. The van der Waals surface area contributed by atoms with Crippen LogP contribution in [0.5, 0.6) is 0 Å². The summed E-state index contributed by atoms with van der Waals surface area (Å²) in [7, 11) is 0. The van der Waals surface area contributed by atoms with Crippen molar-refractivity contribution in [2.75, 3.05) is 5.32 Å². The van der Waals surface area contributed by atoms with Gasteiger partial charge in [0, 0.05) is 11.9 Å². The van der Waals surface area contributed by atoms with Crippen LogP contribution >= 0.6 is 23.2 Å². The molecule has 1 N–H and O–H groups in total. The van der Waals surface area contributed by atoms with Crippen LogP contribution in [0, 0.1) is 6.92 Å². The molecule has 106 valence electrons. The van der Waals surface area contributed by atoms with Gasteiger partial charge in [-0.2, -0.15) is 0 Å². The molecule has 0 saturated heterocycles. The van der Waals surface area contributed by atoms with E-state index >= 15 is 0 Å².